The van der Waals surface area contributed by atoms with Gasteiger partial charge in [0.15, 0.2) is 0 Å². The second-order valence-electron chi connectivity index (χ2n) is 3.10. The standard InChI is InChI=1S/C9H11NO6/c11-7-1-2-8(12)10(7)16-9(13)15-6-3-4-14-5-6/h6H,1-5H2/t6-/m0/s1/i4D2,5D2. The SMILES string of the molecule is [2H]C1([2H])C[C@H](OC(=O)ON2C(=O)CCC2=O)C([2H])([2H])O1. The molecule has 0 bridgehead atoms. The van der Waals surface area contributed by atoms with Crippen molar-refractivity contribution in [2.24, 2.45) is 0 Å². The van der Waals surface area contributed by atoms with E-state index >= 15 is 0 Å². The fourth-order valence-electron chi connectivity index (χ4n) is 1.20. The molecular formula is C9H11NO6. The Morgan fingerprint density at radius 2 is 2.12 bits per heavy atom. The van der Waals surface area contributed by atoms with Crippen LogP contribution in [-0.2, 0) is 23.9 Å². The molecule has 0 aromatic heterocycles. The highest BCUT2D eigenvalue weighted by atomic mass is 16.8. The van der Waals surface area contributed by atoms with E-state index in [0.717, 1.165) is 0 Å². The third-order valence-electron chi connectivity index (χ3n) is 1.94. The van der Waals surface area contributed by atoms with Crippen LogP contribution >= 0.6 is 0 Å². The zero-order chi connectivity index (χ0) is 15.1. The van der Waals surface area contributed by atoms with Gasteiger partial charge >= 0.3 is 6.16 Å². The van der Waals surface area contributed by atoms with E-state index in [1.165, 1.54) is 0 Å². The number of hydroxylamine groups is 2. The van der Waals surface area contributed by atoms with Crippen LogP contribution in [0.15, 0.2) is 0 Å². The average Bonchev–Trinajstić information content (AvgIpc) is 2.68. The predicted octanol–water partition coefficient (Wildman–Crippen LogP) is -0.00750. The number of carbonyl (C=O) groups excluding carboxylic acids is 3. The molecule has 1 atom stereocenters. The number of nitrogens with zero attached hydrogens (tertiary/aromatic N) is 1. The molecule has 7 nitrogen and oxygen atoms in total. The summed E-state index contributed by atoms with van der Waals surface area (Å²) in [5.41, 5.74) is 0. The first-order chi connectivity index (χ1) is 9.11. The smallest absolute Gasteiger partial charge is 0.427 e. The number of hydrogen-bond acceptors (Lipinski definition) is 6. The molecule has 2 heterocycles. The Labute approximate surface area is 96.8 Å². The van der Waals surface area contributed by atoms with Gasteiger partial charge in [0.1, 0.15) is 6.10 Å². The van der Waals surface area contributed by atoms with Gasteiger partial charge in [0.05, 0.1) is 18.6 Å². The maximum atomic E-state index is 11.4. The molecule has 88 valence electrons. The van der Waals surface area contributed by atoms with Crippen molar-refractivity contribution in [3.05, 3.63) is 0 Å². The Bertz CT molecular complexity index is 451. The van der Waals surface area contributed by atoms with Crippen LogP contribution in [0.25, 0.3) is 0 Å². The highest BCUT2D eigenvalue weighted by molar-refractivity contribution is 6.01. The molecule has 2 saturated heterocycles. The van der Waals surface area contributed by atoms with Gasteiger partial charge in [-0.15, -0.1) is 0 Å². The third-order valence-corrected chi connectivity index (χ3v) is 1.94. The van der Waals surface area contributed by atoms with Crippen LogP contribution in [0.1, 0.15) is 24.7 Å². The summed E-state index contributed by atoms with van der Waals surface area (Å²) in [6.45, 7) is -4.81. The van der Waals surface area contributed by atoms with Crippen molar-refractivity contribution in [3.63, 3.8) is 0 Å². The second-order valence-corrected chi connectivity index (χ2v) is 3.10. The van der Waals surface area contributed by atoms with Gasteiger partial charge in [-0.05, 0) is 0 Å². The second kappa shape index (κ2) is 4.48. The number of hydrogen-bond donors (Lipinski definition) is 0. The van der Waals surface area contributed by atoms with Gasteiger partial charge in [0.25, 0.3) is 11.8 Å². The van der Waals surface area contributed by atoms with Crippen LogP contribution < -0.4 is 0 Å². The van der Waals surface area contributed by atoms with Gasteiger partial charge in [-0.2, -0.15) is 0 Å². The highest BCUT2D eigenvalue weighted by Gasteiger charge is 2.34. The summed E-state index contributed by atoms with van der Waals surface area (Å²) in [5.74, 6) is -1.40. The number of ether oxygens (including phenoxy) is 2. The lowest BCUT2D eigenvalue weighted by Crippen LogP contribution is -2.33. The molecule has 0 unspecified atom stereocenters. The zero-order valence-corrected chi connectivity index (χ0v) is 8.10. The maximum absolute atomic E-state index is 11.4. The lowest BCUT2D eigenvalue weighted by molar-refractivity contribution is -0.178. The average molecular weight is 233 g/mol. The molecule has 16 heavy (non-hydrogen) atoms. The van der Waals surface area contributed by atoms with Gasteiger partial charge in [0, 0.05) is 19.3 Å². The van der Waals surface area contributed by atoms with Crippen molar-refractivity contribution in [2.45, 2.75) is 25.4 Å². The summed E-state index contributed by atoms with van der Waals surface area (Å²) >= 11 is 0. The highest BCUT2D eigenvalue weighted by Crippen LogP contribution is 2.14. The van der Waals surface area contributed by atoms with E-state index in [-0.39, 0.29) is 17.9 Å². The van der Waals surface area contributed by atoms with Crippen LogP contribution in [-0.4, -0.2) is 42.3 Å². The van der Waals surface area contributed by atoms with E-state index in [4.69, 9.17) is 5.48 Å². The molecule has 0 spiro atoms. The Morgan fingerprint density at radius 1 is 1.44 bits per heavy atom. The predicted molar refractivity (Wildman–Crippen MR) is 47.9 cm³/mol. The molecule has 2 amide bonds. The van der Waals surface area contributed by atoms with Gasteiger partial charge in [-0.25, -0.2) is 4.79 Å². The van der Waals surface area contributed by atoms with E-state index in [1.807, 2.05) is 0 Å². The Kier molecular flexibility index (Phi) is 1.92. The molecule has 0 N–H and O–H groups in total. The van der Waals surface area contributed by atoms with Gasteiger partial charge in [-0.1, -0.05) is 5.06 Å². The van der Waals surface area contributed by atoms with Crippen molar-refractivity contribution < 1.29 is 34.2 Å². The minimum Gasteiger partial charge on any atom is -0.427 e. The Morgan fingerprint density at radius 3 is 2.69 bits per heavy atom. The molecule has 2 fully saturated rings. The molecule has 2 aliphatic rings. The van der Waals surface area contributed by atoms with Crippen LogP contribution in [0.4, 0.5) is 4.79 Å². The molecule has 0 aliphatic carbocycles. The van der Waals surface area contributed by atoms with E-state index in [1.54, 1.807) is 0 Å². The first-order valence-electron chi connectivity index (χ1n) is 6.55. The summed E-state index contributed by atoms with van der Waals surface area (Å²) in [6, 6.07) is 0. The molecule has 0 aromatic carbocycles. The third kappa shape index (κ3) is 2.30. The minimum atomic E-state index is -2.53. The van der Waals surface area contributed by atoms with Crippen LogP contribution in [0.2, 0.25) is 0 Å². The fourth-order valence-corrected chi connectivity index (χ4v) is 1.20. The molecule has 2 rings (SSSR count). The largest absolute Gasteiger partial charge is 0.534 e. The summed E-state index contributed by atoms with van der Waals surface area (Å²) in [6.07, 6.45) is -3.71. The van der Waals surface area contributed by atoms with Gasteiger partial charge in [-0.3, -0.25) is 14.4 Å². The summed E-state index contributed by atoms with van der Waals surface area (Å²) in [7, 11) is 0. The van der Waals surface area contributed by atoms with E-state index in [9.17, 15) is 14.4 Å². The quantitative estimate of drug-likeness (QED) is 0.493. The minimum absolute atomic E-state index is 0.0813. The Hall–Kier alpha value is -1.63. The number of carbonyl (C=O) groups is 3. The fraction of sp³-hybridized carbons (Fsp3) is 0.667. The van der Waals surface area contributed by atoms with E-state index in [0.29, 0.717) is 0 Å². The molecule has 0 aromatic rings. The van der Waals surface area contributed by atoms with Crippen molar-refractivity contribution in [3.8, 4) is 0 Å². The number of imide groups is 1. The monoisotopic (exact) mass is 233 g/mol. The summed E-state index contributed by atoms with van der Waals surface area (Å²) in [5, 5.41) is 0.252. The number of rotatable bonds is 2. The molecular weight excluding hydrogens is 218 g/mol. The molecule has 7 heteroatoms. The van der Waals surface area contributed by atoms with Gasteiger partial charge in [0.2, 0.25) is 0 Å². The van der Waals surface area contributed by atoms with Crippen LogP contribution in [0.5, 0.6) is 0 Å². The first-order valence-corrected chi connectivity index (χ1v) is 4.55. The van der Waals surface area contributed by atoms with E-state index < -0.39 is 43.6 Å². The summed E-state index contributed by atoms with van der Waals surface area (Å²) < 4.78 is 38.3. The lowest BCUT2D eigenvalue weighted by atomic mass is 10.3. The normalized spacial score (nSPS) is 35.0. The molecule has 0 radical (unpaired) electrons. The van der Waals surface area contributed by atoms with Crippen molar-refractivity contribution in [1.82, 2.24) is 5.06 Å². The summed E-state index contributed by atoms with van der Waals surface area (Å²) in [4.78, 5) is 38.2. The molecule has 0 saturated carbocycles. The lowest BCUT2D eigenvalue weighted by Gasteiger charge is -2.14. The maximum Gasteiger partial charge on any atom is 0.534 e. The topological polar surface area (TPSA) is 82.1 Å². The Balaban J connectivity index is 1.95. The van der Waals surface area contributed by atoms with Gasteiger partial charge < -0.3 is 9.47 Å². The van der Waals surface area contributed by atoms with Crippen molar-refractivity contribution >= 4 is 18.0 Å². The van der Waals surface area contributed by atoms with Crippen LogP contribution in [0, 0.1) is 0 Å². The first kappa shape index (κ1) is 6.85. The van der Waals surface area contributed by atoms with E-state index in [2.05, 4.69) is 14.3 Å². The van der Waals surface area contributed by atoms with Crippen LogP contribution in [0.3, 0.4) is 0 Å². The number of amides is 2. The zero-order valence-electron chi connectivity index (χ0n) is 12.1. The van der Waals surface area contributed by atoms with Crippen molar-refractivity contribution in [1.29, 1.82) is 0 Å². The molecule has 2 aliphatic heterocycles. The van der Waals surface area contributed by atoms with Crippen molar-refractivity contribution in [2.75, 3.05) is 13.1 Å².